The SMILES string of the molecule is Clc1nc(OCC2CCOCC2)c2ccsc2n1. The van der Waals surface area contributed by atoms with Gasteiger partial charge in [-0.3, -0.25) is 0 Å². The van der Waals surface area contributed by atoms with Gasteiger partial charge in [-0.1, -0.05) is 0 Å². The van der Waals surface area contributed by atoms with E-state index in [1.165, 1.54) is 0 Å². The quantitative estimate of drug-likeness (QED) is 0.812. The zero-order chi connectivity index (χ0) is 12.4. The number of aromatic nitrogens is 2. The molecule has 3 heterocycles. The van der Waals surface area contributed by atoms with Crippen LogP contribution in [0.3, 0.4) is 0 Å². The number of hydrogen-bond acceptors (Lipinski definition) is 5. The van der Waals surface area contributed by atoms with Gasteiger partial charge in [-0.05, 0) is 41.8 Å². The van der Waals surface area contributed by atoms with E-state index in [1.54, 1.807) is 11.3 Å². The lowest BCUT2D eigenvalue weighted by molar-refractivity contribution is 0.0493. The van der Waals surface area contributed by atoms with Gasteiger partial charge in [-0.25, -0.2) is 4.98 Å². The predicted molar refractivity (Wildman–Crippen MR) is 71.5 cm³/mol. The number of hydrogen-bond donors (Lipinski definition) is 0. The lowest BCUT2D eigenvalue weighted by Crippen LogP contribution is -2.21. The molecule has 18 heavy (non-hydrogen) atoms. The molecule has 0 unspecified atom stereocenters. The molecule has 1 fully saturated rings. The Morgan fingerprint density at radius 3 is 3.06 bits per heavy atom. The largest absolute Gasteiger partial charge is 0.477 e. The summed E-state index contributed by atoms with van der Waals surface area (Å²) in [5, 5.41) is 3.15. The second kappa shape index (κ2) is 5.38. The van der Waals surface area contributed by atoms with Crippen molar-refractivity contribution in [2.24, 2.45) is 5.92 Å². The van der Waals surface area contributed by atoms with Gasteiger partial charge in [0.1, 0.15) is 4.83 Å². The van der Waals surface area contributed by atoms with Gasteiger partial charge in [0.05, 0.1) is 12.0 Å². The molecular formula is C12H13ClN2O2S. The molecule has 1 saturated heterocycles. The summed E-state index contributed by atoms with van der Waals surface area (Å²) in [6, 6.07) is 1.97. The van der Waals surface area contributed by atoms with Gasteiger partial charge in [-0.15, -0.1) is 11.3 Å². The van der Waals surface area contributed by atoms with Gasteiger partial charge >= 0.3 is 0 Å². The Bertz CT molecular complexity index is 540. The van der Waals surface area contributed by atoms with Crippen LogP contribution < -0.4 is 4.74 Å². The topological polar surface area (TPSA) is 44.2 Å². The van der Waals surface area contributed by atoms with Gasteiger partial charge < -0.3 is 9.47 Å². The second-order valence-corrected chi connectivity index (χ2v) is 5.54. The van der Waals surface area contributed by atoms with Crippen LogP contribution in [0, 0.1) is 5.92 Å². The van der Waals surface area contributed by atoms with Crippen molar-refractivity contribution in [3.05, 3.63) is 16.7 Å². The highest BCUT2D eigenvalue weighted by Crippen LogP contribution is 2.28. The third kappa shape index (κ3) is 2.58. The number of fused-ring (bicyclic) bond motifs is 1. The van der Waals surface area contributed by atoms with Crippen LogP contribution in [-0.4, -0.2) is 29.8 Å². The first-order valence-corrected chi connectivity index (χ1v) is 7.20. The van der Waals surface area contributed by atoms with Crippen molar-refractivity contribution >= 4 is 33.2 Å². The first-order chi connectivity index (χ1) is 8.83. The summed E-state index contributed by atoms with van der Waals surface area (Å²) in [6.07, 6.45) is 2.09. The van der Waals surface area contributed by atoms with Crippen molar-refractivity contribution in [1.29, 1.82) is 0 Å². The summed E-state index contributed by atoms with van der Waals surface area (Å²) < 4.78 is 11.1. The molecule has 0 bridgehead atoms. The molecule has 0 amide bonds. The van der Waals surface area contributed by atoms with E-state index >= 15 is 0 Å². The minimum atomic E-state index is 0.243. The Kier molecular flexibility index (Phi) is 3.63. The van der Waals surface area contributed by atoms with Crippen LogP contribution in [0.5, 0.6) is 5.88 Å². The van der Waals surface area contributed by atoms with Crippen molar-refractivity contribution in [3.8, 4) is 5.88 Å². The maximum absolute atomic E-state index is 5.89. The third-order valence-corrected chi connectivity index (χ3v) is 4.04. The molecule has 96 valence electrons. The fraction of sp³-hybridized carbons (Fsp3) is 0.500. The van der Waals surface area contributed by atoms with Crippen molar-refractivity contribution in [2.75, 3.05) is 19.8 Å². The van der Waals surface area contributed by atoms with Crippen LogP contribution in [0.1, 0.15) is 12.8 Å². The number of thiophene rings is 1. The predicted octanol–water partition coefficient (Wildman–Crippen LogP) is 3.15. The lowest BCUT2D eigenvalue weighted by atomic mass is 10.0. The van der Waals surface area contributed by atoms with Crippen molar-refractivity contribution < 1.29 is 9.47 Å². The number of nitrogens with zero attached hydrogens (tertiary/aromatic N) is 2. The Morgan fingerprint density at radius 2 is 2.22 bits per heavy atom. The van der Waals surface area contributed by atoms with Crippen LogP contribution in [-0.2, 0) is 4.74 Å². The zero-order valence-electron chi connectivity index (χ0n) is 9.76. The summed E-state index contributed by atoms with van der Waals surface area (Å²) in [4.78, 5) is 9.20. The maximum Gasteiger partial charge on any atom is 0.227 e. The van der Waals surface area contributed by atoms with Crippen LogP contribution in [0.15, 0.2) is 11.4 Å². The second-order valence-electron chi connectivity index (χ2n) is 4.30. The van der Waals surface area contributed by atoms with Gasteiger partial charge in [0.2, 0.25) is 11.2 Å². The molecule has 0 spiro atoms. The van der Waals surface area contributed by atoms with E-state index in [9.17, 15) is 0 Å². The highest BCUT2D eigenvalue weighted by atomic mass is 35.5. The number of ether oxygens (including phenoxy) is 2. The molecule has 2 aromatic rings. The summed E-state index contributed by atoms with van der Waals surface area (Å²) in [7, 11) is 0. The van der Waals surface area contributed by atoms with Crippen molar-refractivity contribution in [3.63, 3.8) is 0 Å². The van der Waals surface area contributed by atoms with E-state index < -0.39 is 0 Å². The zero-order valence-corrected chi connectivity index (χ0v) is 11.3. The minimum Gasteiger partial charge on any atom is -0.477 e. The van der Waals surface area contributed by atoms with E-state index in [4.69, 9.17) is 21.1 Å². The van der Waals surface area contributed by atoms with Gasteiger partial charge in [0.25, 0.3) is 0 Å². The first kappa shape index (κ1) is 12.1. The smallest absolute Gasteiger partial charge is 0.227 e. The van der Waals surface area contributed by atoms with E-state index in [1.807, 2.05) is 11.4 Å². The van der Waals surface area contributed by atoms with Crippen molar-refractivity contribution in [2.45, 2.75) is 12.8 Å². The average molecular weight is 285 g/mol. The van der Waals surface area contributed by atoms with Gasteiger partial charge in [-0.2, -0.15) is 4.98 Å². The molecule has 1 aliphatic rings. The number of halogens is 1. The highest BCUT2D eigenvalue weighted by Gasteiger charge is 2.16. The average Bonchev–Trinajstić information content (AvgIpc) is 2.85. The molecule has 1 aliphatic heterocycles. The summed E-state index contributed by atoms with van der Waals surface area (Å²) in [6.45, 7) is 2.32. The summed E-state index contributed by atoms with van der Waals surface area (Å²) >= 11 is 7.43. The van der Waals surface area contributed by atoms with E-state index in [0.717, 1.165) is 36.3 Å². The third-order valence-electron chi connectivity index (χ3n) is 3.06. The molecule has 2 aromatic heterocycles. The summed E-state index contributed by atoms with van der Waals surface area (Å²) in [5.41, 5.74) is 0. The van der Waals surface area contributed by atoms with Gasteiger partial charge in [0, 0.05) is 13.2 Å². The lowest BCUT2D eigenvalue weighted by Gasteiger charge is -2.21. The Morgan fingerprint density at radius 1 is 1.39 bits per heavy atom. The highest BCUT2D eigenvalue weighted by molar-refractivity contribution is 7.16. The molecule has 0 saturated carbocycles. The standard InChI is InChI=1S/C12H13ClN2O2S/c13-12-14-10(9-3-6-18-11(9)15-12)17-7-8-1-4-16-5-2-8/h3,6,8H,1-2,4-5,7H2. The molecule has 3 rings (SSSR count). The fourth-order valence-corrected chi connectivity index (χ4v) is 2.99. The van der Waals surface area contributed by atoms with Gasteiger partial charge in [0.15, 0.2) is 0 Å². The molecule has 4 nitrogen and oxygen atoms in total. The van der Waals surface area contributed by atoms with Crippen LogP contribution in [0.4, 0.5) is 0 Å². The molecular weight excluding hydrogens is 272 g/mol. The first-order valence-electron chi connectivity index (χ1n) is 5.94. The molecule has 0 radical (unpaired) electrons. The molecule has 6 heteroatoms. The monoisotopic (exact) mass is 284 g/mol. The van der Waals surface area contributed by atoms with Crippen LogP contribution in [0.25, 0.3) is 10.2 Å². The minimum absolute atomic E-state index is 0.243. The Hall–Kier alpha value is -0.910. The Balaban J connectivity index is 1.75. The molecule has 0 atom stereocenters. The van der Waals surface area contributed by atoms with Crippen LogP contribution in [0.2, 0.25) is 5.28 Å². The number of rotatable bonds is 3. The van der Waals surface area contributed by atoms with E-state index in [2.05, 4.69) is 9.97 Å². The summed E-state index contributed by atoms with van der Waals surface area (Å²) in [5.74, 6) is 1.14. The normalized spacial score (nSPS) is 17.2. The molecule has 0 aliphatic carbocycles. The van der Waals surface area contributed by atoms with E-state index in [-0.39, 0.29) is 5.28 Å². The molecule has 0 N–H and O–H groups in total. The van der Waals surface area contributed by atoms with E-state index in [0.29, 0.717) is 18.4 Å². The molecule has 0 aromatic carbocycles. The van der Waals surface area contributed by atoms with Crippen molar-refractivity contribution in [1.82, 2.24) is 9.97 Å². The maximum atomic E-state index is 5.89. The fourth-order valence-electron chi connectivity index (χ4n) is 2.02. The van der Waals surface area contributed by atoms with Crippen LogP contribution >= 0.6 is 22.9 Å². The Labute approximate surface area is 114 Å².